The number of nitrogens with zero attached hydrogens (tertiary/aromatic N) is 1. The normalized spacial score (nSPS) is 10.3. The summed E-state index contributed by atoms with van der Waals surface area (Å²) in [6.07, 6.45) is -2.77. The van der Waals surface area contributed by atoms with Gasteiger partial charge in [-0.1, -0.05) is 17.7 Å². The van der Waals surface area contributed by atoms with Crippen molar-refractivity contribution < 1.29 is 42.4 Å². The number of hydrogen-bond acceptors (Lipinski definition) is 7. The number of hydroxylamine groups is 1. The van der Waals surface area contributed by atoms with E-state index in [1.165, 1.54) is 18.7 Å². The lowest BCUT2D eigenvalue weighted by Crippen LogP contribution is -2.19. The number of methoxy groups -OCH3 is 1. The number of alkyl halides is 3. The summed E-state index contributed by atoms with van der Waals surface area (Å²) in [5.74, 6) is -1.66. The van der Waals surface area contributed by atoms with Gasteiger partial charge in [-0.25, -0.2) is 5.48 Å². The number of nitro benzene ring substituents is 1. The number of halogens is 4. The number of hydrogen-bond donors (Lipinski definition) is 2. The second kappa shape index (κ2) is 11.7. The van der Waals surface area contributed by atoms with Crippen LogP contribution in [-0.2, 0) is 15.7 Å². The van der Waals surface area contributed by atoms with E-state index < -0.39 is 33.8 Å². The molecule has 0 saturated carbocycles. The fraction of sp³-hybridized carbons (Fsp3) is 0.158. The first-order valence-electron chi connectivity index (χ1n) is 8.39. The lowest BCUT2D eigenvalue weighted by Gasteiger charge is -2.11. The van der Waals surface area contributed by atoms with Crippen LogP contribution in [0.15, 0.2) is 49.1 Å². The fourth-order valence-electron chi connectivity index (χ4n) is 2.07. The van der Waals surface area contributed by atoms with E-state index in [4.69, 9.17) is 21.5 Å². The minimum atomic E-state index is -4.58. The Morgan fingerprint density at radius 1 is 1.28 bits per heavy atom. The predicted octanol–water partition coefficient (Wildman–Crippen LogP) is 4.91. The molecule has 2 aromatic carbocycles. The largest absolute Gasteiger partial charge is 0.469 e. The van der Waals surface area contributed by atoms with Gasteiger partial charge in [0.15, 0.2) is 0 Å². The molecule has 0 radical (unpaired) electrons. The molecule has 0 atom stereocenters. The van der Waals surface area contributed by atoms with Crippen LogP contribution in [0.5, 0.6) is 11.5 Å². The molecule has 9 nitrogen and oxygen atoms in total. The van der Waals surface area contributed by atoms with Crippen LogP contribution in [-0.4, -0.2) is 29.1 Å². The van der Waals surface area contributed by atoms with Gasteiger partial charge in [-0.2, -0.15) is 13.2 Å². The Morgan fingerprint density at radius 3 is 2.38 bits per heavy atom. The molecule has 0 aliphatic heterocycles. The van der Waals surface area contributed by atoms with Gasteiger partial charge < -0.3 is 9.47 Å². The van der Waals surface area contributed by atoms with E-state index in [0.717, 1.165) is 30.3 Å². The zero-order valence-electron chi connectivity index (χ0n) is 16.3. The monoisotopic (exact) mass is 476 g/mol. The molecule has 0 saturated heterocycles. The van der Waals surface area contributed by atoms with E-state index in [1.807, 2.05) is 0 Å². The van der Waals surface area contributed by atoms with Crippen molar-refractivity contribution >= 4 is 29.2 Å². The Hall–Kier alpha value is -3.64. The van der Waals surface area contributed by atoms with Crippen LogP contribution in [0.4, 0.5) is 18.9 Å². The molecule has 0 bridgehead atoms. The number of amides is 1. The summed E-state index contributed by atoms with van der Waals surface area (Å²) in [4.78, 5) is 31.6. The Kier molecular flexibility index (Phi) is 9.63. The van der Waals surface area contributed by atoms with E-state index >= 15 is 0 Å². The maximum Gasteiger partial charge on any atom is 0.416 e. The zero-order chi connectivity index (χ0) is 24.5. The highest BCUT2D eigenvalue weighted by Gasteiger charge is 2.31. The average Bonchev–Trinajstić information content (AvgIpc) is 2.74. The first kappa shape index (κ1) is 26.4. The van der Waals surface area contributed by atoms with E-state index in [9.17, 15) is 32.9 Å². The molecule has 0 aromatic heterocycles. The SMILES string of the molecule is C=CCC(=O)OC.O=C(NO)c1cc(Oc2ccc(C(F)(F)F)cc2Cl)ccc1[N+](=O)[O-]. The Labute approximate surface area is 184 Å². The first-order valence-corrected chi connectivity index (χ1v) is 8.77. The third-order valence-corrected chi connectivity index (χ3v) is 3.83. The van der Waals surface area contributed by atoms with E-state index in [1.54, 1.807) is 0 Å². The summed E-state index contributed by atoms with van der Waals surface area (Å²) >= 11 is 5.74. The van der Waals surface area contributed by atoms with Crippen molar-refractivity contribution in [3.8, 4) is 11.5 Å². The molecule has 0 aliphatic rings. The van der Waals surface area contributed by atoms with Crippen LogP contribution < -0.4 is 10.2 Å². The quantitative estimate of drug-likeness (QED) is 0.199. The Balaban J connectivity index is 0.000000633. The summed E-state index contributed by atoms with van der Waals surface area (Å²) < 4.78 is 47.3. The second-order valence-electron chi connectivity index (χ2n) is 5.69. The minimum Gasteiger partial charge on any atom is -0.469 e. The molecule has 0 spiro atoms. The van der Waals surface area contributed by atoms with Crippen LogP contribution in [0.25, 0.3) is 0 Å². The molecule has 32 heavy (non-hydrogen) atoms. The number of esters is 1. The standard InChI is InChI=1S/C14H8ClF3N2O5.C5H8O2/c15-10-5-7(14(16,17)18)1-4-12(10)25-8-2-3-11(20(23)24)9(6-8)13(21)19-22;1-3-4-5(6)7-2/h1-6,22H,(H,19,21);3H,1,4H2,2H3. The molecule has 172 valence electrons. The van der Waals surface area contributed by atoms with Crippen molar-refractivity contribution in [3.05, 3.63) is 75.3 Å². The number of benzene rings is 2. The number of ether oxygens (including phenoxy) is 2. The summed E-state index contributed by atoms with van der Waals surface area (Å²) in [6.45, 7) is 3.35. The van der Waals surface area contributed by atoms with Gasteiger partial charge in [0, 0.05) is 12.1 Å². The first-order chi connectivity index (χ1) is 14.9. The lowest BCUT2D eigenvalue weighted by molar-refractivity contribution is -0.385. The third-order valence-electron chi connectivity index (χ3n) is 3.54. The summed E-state index contributed by atoms with van der Waals surface area (Å²) in [5, 5.41) is 19.2. The number of carbonyl (C=O) groups is 2. The molecule has 1 amide bonds. The van der Waals surface area contributed by atoms with Gasteiger partial charge in [0.25, 0.3) is 11.6 Å². The van der Waals surface area contributed by atoms with Gasteiger partial charge in [-0.05, 0) is 24.3 Å². The van der Waals surface area contributed by atoms with Gasteiger partial charge in [-0.15, -0.1) is 6.58 Å². The topological polar surface area (TPSA) is 128 Å². The van der Waals surface area contributed by atoms with Crippen molar-refractivity contribution in [2.75, 3.05) is 7.11 Å². The number of nitro groups is 1. The van der Waals surface area contributed by atoms with Crippen molar-refractivity contribution in [1.82, 2.24) is 5.48 Å². The van der Waals surface area contributed by atoms with Gasteiger partial charge in [0.1, 0.15) is 17.1 Å². The molecule has 2 aromatic rings. The third kappa shape index (κ3) is 7.56. The fourth-order valence-corrected chi connectivity index (χ4v) is 2.29. The minimum absolute atomic E-state index is 0.106. The molecule has 0 unspecified atom stereocenters. The molecular weight excluding hydrogens is 461 g/mol. The maximum absolute atomic E-state index is 12.6. The number of nitrogens with one attached hydrogen (secondary N) is 1. The lowest BCUT2D eigenvalue weighted by atomic mass is 10.1. The summed E-state index contributed by atoms with van der Waals surface area (Å²) in [5.41, 5.74) is -0.831. The van der Waals surface area contributed by atoms with E-state index in [2.05, 4.69) is 11.3 Å². The molecule has 0 heterocycles. The Bertz CT molecular complexity index is 1010. The van der Waals surface area contributed by atoms with Crippen molar-refractivity contribution in [3.63, 3.8) is 0 Å². The highest BCUT2D eigenvalue weighted by molar-refractivity contribution is 6.32. The molecular formula is C19H16ClF3N2O7. The smallest absolute Gasteiger partial charge is 0.416 e. The number of carbonyl (C=O) groups excluding carboxylic acids is 2. The van der Waals surface area contributed by atoms with E-state index in [-0.39, 0.29) is 22.5 Å². The highest BCUT2D eigenvalue weighted by atomic mass is 35.5. The van der Waals surface area contributed by atoms with Crippen LogP contribution in [0.1, 0.15) is 22.3 Å². The van der Waals surface area contributed by atoms with Crippen molar-refractivity contribution in [2.45, 2.75) is 12.6 Å². The molecule has 0 aliphatic carbocycles. The van der Waals surface area contributed by atoms with Crippen LogP contribution in [0, 0.1) is 10.1 Å². The second-order valence-corrected chi connectivity index (χ2v) is 6.10. The van der Waals surface area contributed by atoms with E-state index in [0.29, 0.717) is 12.5 Å². The molecule has 13 heteroatoms. The number of rotatable bonds is 6. The van der Waals surface area contributed by atoms with Gasteiger partial charge >= 0.3 is 12.1 Å². The van der Waals surface area contributed by atoms with Gasteiger partial charge in [-0.3, -0.25) is 24.9 Å². The van der Waals surface area contributed by atoms with Gasteiger partial charge in [0.2, 0.25) is 0 Å². The molecule has 0 fully saturated rings. The predicted molar refractivity (Wildman–Crippen MR) is 106 cm³/mol. The Morgan fingerprint density at radius 2 is 1.94 bits per heavy atom. The maximum atomic E-state index is 12.6. The summed E-state index contributed by atoms with van der Waals surface area (Å²) in [7, 11) is 1.35. The van der Waals surface area contributed by atoms with Crippen LogP contribution in [0.3, 0.4) is 0 Å². The van der Waals surface area contributed by atoms with Crippen molar-refractivity contribution in [1.29, 1.82) is 0 Å². The van der Waals surface area contributed by atoms with Crippen LogP contribution in [0.2, 0.25) is 5.02 Å². The van der Waals surface area contributed by atoms with Crippen molar-refractivity contribution in [2.24, 2.45) is 0 Å². The van der Waals surface area contributed by atoms with Crippen LogP contribution >= 0.6 is 11.6 Å². The van der Waals surface area contributed by atoms with Gasteiger partial charge in [0.05, 0.1) is 29.0 Å². The molecule has 2 N–H and O–H groups in total. The molecule has 2 rings (SSSR count). The average molecular weight is 477 g/mol. The highest BCUT2D eigenvalue weighted by Crippen LogP contribution is 2.37. The summed E-state index contributed by atoms with van der Waals surface area (Å²) in [6, 6.07) is 5.38. The zero-order valence-corrected chi connectivity index (χ0v) is 17.1.